The second kappa shape index (κ2) is 8.63. The van der Waals surface area contributed by atoms with Gasteiger partial charge in [-0.2, -0.15) is 0 Å². The predicted octanol–water partition coefficient (Wildman–Crippen LogP) is 2.80. The zero-order chi connectivity index (χ0) is 15.8. The summed E-state index contributed by atoms with van der Waals surface area (Å²) in [5.74, 6) is 0.809. The van der Waals surface area contributed by atoms with Gasteiger partial charge in [0.2, 0.25) is 0 Å². The van der Waals surface area contributed by atoms with Gasteiger partial charge in [0.25, 0.3) is 0 Å². The summed E-state index contributed by atoms with van der Waals surface area (Å²) >= 11 is 0. The molecule has 122 valence electrons. The van der Waals surface area contributed by atoms with Gasteiger partial charge in [-0.15, -0.1) is 0 Å². The number of ether oxygens (including phenoxy) is 2. The third-order valence-electron chi connectivity index (χ3n) is 3.77. The maximum atomic E-state index is 12.4. The van der Waals surface area contributed by atoms with Crippen LogP contribution in [0.4, 0.5) is 4.79 Å². The second-order valence-corrected chi connectivity index (χ2v) is 5.60. The van der Waals surface area contributed by atoms with Crippen molar-refractivity contribution in [3.8, 4) is 5.75 Å². The molecule has 0 radical (unpaired) electrons. The number of hydrogen-bond acceptors (Lipinski definition) is 3. The standard InChI is InChI=1S/C17H26N2O3/c1-3-9-18-17(20)19(13-16-8-5-10-22-16)12-14-6-4-7-15(11-14)21-2/h4,6-7,11,16H,3,5,8-10,12-13H2,1-2H3,(H,18,20). The van der Waals surface area contributed by atoms with Gasteiger partial charge in [0.15, 0.2) is 0 Å². The van der Waals surface area contributed by atoms with E-state index in [2.05, 4.69) is 5.32 Å². The Morgan fingerprint density at radius 3 is 3.05 bits per heavy atom. The van der Waals surface area contributed by atoms with Gasteiger partial charge < -0.3 is 19.7 Å². The zero-order valence-corrected chi connectivity index (χ0v) is 13.5. The van der Waals surface area contributed by atoms with E-state index in [9.17, 15) is 4.79 Å². The lowest BCUT2D eigenvalue weighted by Gasteiger charge is -2.26. The molecular weight excluding hydrogens is 280 g/mol. The molecule has 0 bridgehead atoms. The summed E-state index contributed by atoms with van der Waals surface area (Å²) < 4.78 is 10.9. The Labute approximate surface area is 132 Å². The number of nitrogens with one attached hydrogen (secondary N) is 1. The van der Waals surface area contributed by atoms with E-state index in [1.807, 2.05) is 36.1 Å². The predicted molar refractivity (Wildman–Crippen MR) is 86.1 cm³/mol. The molecule has 1 saturated heterocycles. The summed E-state index contributed by atoms with van der Waals surface area (Å²) in [6.45, 7) is 4.74. The first kappa shape index (κ1) is 16.6. The average molecular weight is 306 g/mol. The van der Waals surface area contributed by atoms with Crippen molar-refractivity contribution in [3.05, 3.63) is 29.8 Å². The molecule has 1 aliphatic heterocycles. The van der Waals surface area contributed by atoms with Gasteiger partial charge in [0, 0.05) is 26.2 Å². The van der Waals surface area contributed by atoms with Crippen LogP contribution in [0, 0.1) is 0 Å². The topological polar surface area (TPSA) is 50.8 Å². The maximum absolute atomic E-state index is 12.4. The lowest BCUT2D eigenvalue weighted by Crippen LogP contribution is -2.43. The van der Waals surface area contributed by atoms with E-state index in [1.54, 1.807) is 7.11 Å². The van der Waals surface area contributed by atoms with Crippen LogP contribution >= 0.6 is 0 Å². The first-order valence-corrected chi connectivity index (χ1v) is 8.00. The second-order valence-electron chi connectivity index (χ2n) is 5.60. The lowest BCUT2D eigenvalue weighted by molar-refractivity contribution is 0.0795. The number of carbonyl (C=O) groups is 1. The molecular formula is C17H26N2O3. The molecule has 0 spiro atoms. The molecule has 0 aromatic heterocycles. The van der Waals surface area contributed by atoms with Crippen LogP contribution in [-0.2, 0) is 11.3 Å². The number of amides is 2. The van der Waals surface area contributed by atoms with E-state index in [1.165, 1.54) is 0 Å². The number of hydrogen-bond donors (Lipinski definition) is 1. The van der Waals surface area contributed by atoms with E-state index < -0.39 is 0 Å². The SMILES string of the molecule is CCCNC(=O)N(Cc1cccc(OC)c1)CC1CCCO1. The van der Waals surface area contributed by atoms with E-state index >= 15 is 0 Å². The summed E-state index contributed by atoms with van der Waals surface area (Å²) in [5, 5.41) is 2.96. The minimum absolute atomic E-state index is 0.0276. The van der Waals surface area contributed by atoms with Gasteiger partial charge in [-0.05, 0) is 37.0 Å². The molecule has 1 fully saturated rings. The molecule has 1 heterocycles. The maximum Gasteiger partial charge on any atom is 0.317 e. The average Bonchev–Trinajstić information content (AvgIpc) is 3.05. The summed E-state index contributed by atoms with van der Waals surface area (Å²) in [4.78, 5) is 14.2. The van der Waals surface area contributed by atoms with Crippen molar-refractivity contribution in [2.24, 2.45) is 0 Å². The lowest BCUT2D eigenvalue weighted by atomic mass is 10.2. The minimum atomic E-state index is -0.0276. The molecule has 22 heavy (non-hydrogen) atoms. The number of urea groups is 1. The fourth-order valence-electron chi connectivity index (χ4n) is 2.59. The van der Waals surface area contributed by atoms with Crippen molar-refractivity contribution in [3.63, 3.8) is 0 Å². The van der Waals surface area contributed by atoms with Crippen LogP contribution in [0.15, 0.2) is 24.3 Å². The molecule has 5 nitrogen and oxygen atoms in total. The highest BCUT2D eigenvalue weighted by Crippen LogP contribution is 2.17. The molecule has 2 rings (SSSR count). The molecule has 0 aliphatic carbocycles. The molecule has 0 saturated carbocycles. The summed E-state index contributed by atoms with van der Waals surface area (Å²) in [7, 11) is 1.65. The van der Waals surface area contributed by atoms with E-state index in [4.69, 9.17) is 9.47 Å². The Kier molecular flexibility index (Phi) is 6.52. The molecule has 1 N–H and O–H groups in total. The van der Waals surface area contributed by atoms with Crippen molar-refractivity contribution in [1.82, 2.24) is 10.2 Å². The first-order chi connectivity index (χ1) is 10.7. The van der Waals surface area contributed by atoms with Gasteiger partial charge >= 0.3 is 6.03 Å². The molecule has 1 aliphatic rings. The van der Waals surface area contributed by atoms with E-state index in [0.717, 1.165) is 37.2 Å². The Bertz CT molecular complexity index is 473. The van der Waals surface area contributed by atoms with Crippen LogP contribution in [0.25, 0.3) is 0 Å². The summed E-state index contributed by atoms with van der Waals surface area (Å²) in [6.07, 6.45) is 3.18. The molecule has 5 heteroatoms. The number of rotatable bonds is 7. The number of nitrogens with zero attached hydrogens (tertiary/aromatic N) is 1. The molecule has 1 atom stereocenters. The smallest absolute Gasteiger partial charge is 0.317 e. The largest absolute Gasteiger partial charge is 0.497 e. The van der Waals surface area contributed by atoms with Gasteiger partial charge in [0.1, 0.15) is 5.75 Å². The zero-order valence-electron chi connectivity index (χ0n) is 13.5. The summed E-state index contributed by atoms with van der Waals surface area (Å²) in [6, 6.07) is 7.81. The molecule has 1 unspecified atom stereocenters. The normalized spacial score (nSPS) is 17.3. The Morgan fingerprint density at radius 1 is 1.50 bits per heavy atom. The van der Waals surface area contributed by atoms with Crippen LogP contribution in [0.3, 0.4) is 0 Å². The van der Waals surface area contributed by atoms with E-state index in [-0.39, 0.29) is 12.1 Å². The Morgan fingerprint density at radius 2 is 2.36 bits per heavy atom. The number of benzene rings is 1. The Balaban J connectivity index is 2.02. The van der Waals surface area contributed by atoms with Gasteiger partial charge in [-0.25, -0.2) is 4.79 Å². The number of methoxy groups -OCH3 is 1. The van der Waals surface area contributed by atoms with Crippen LogP contribution in [0.5, 0.6) is 5.75 Å². The fourth-order valence-corrected chi connectivity index (χ4v) is 2.59. The van der Waals surface area contributed by atoms with Crippen LogP contribution in [-0.4, -0.2) is 43.8 Å². The first-order valence-electron chi connectivity index (χ1n) is 8.00. The van der Waals surface area contributed by atoms with Crippen LogP contribution in [0.2, 0.25) is 0 Å². The van der Waals surface area contributed by atoms with Gasteiger partial charge in [0.05, 0.1) is 13.2 Å². The highest BCUT2D eigenvalue weighted by Gasteiger charge is 2.22. The highest BCUT2D eigenvalue weighted by atomic mass is 16.5. The third kappa shape index (κ3) is 4.91. The van der Waals surface area contributed by atoms with E-state index in [0.29, 0.717) is 19.6 Å². The van der Waals surface area contributed by atoms with Crippen molar-refractivity contribution in [2.45, 2.75) is 38.8 Å². The fraction of sp³-hybridized carbons (Fsp3) is 0.588. The minimum Gasteiger partial charge on any atom is -0.497 e. The summed E-state index contributed by atoms with van der Waals surface area (Å²) in [5.41, 5.74) is 1.06. The number of carbonyl (C=O) groups excluding carboxylic acids is 1. The van der Waals surface area contributed by atoms with Gasteiger partial charge in [-0.1, -0.05) is 19.1 Å². The quantitative estimate of drug-likeness (QED) is 0.843. The highest BCUT2D eigenvalue weighted by molar-refractivity contribution is 5.74. The molecule has 1 aromatic rings. The molecule has 2 amide bonds. The van der Waals surface area contributed by atoms with Crippen molar-refractivity contribution < 1.29 is 14.3 Å². The van der Waals surface area contributed by atoms with Crippen molar-refractivity contribution >= 4 is 6.03 Å². The van der Waals surface area contributed by atoms with Crippen molar-refractivity contribution in [1.29, 1.82) is 0 Å². The molecule has 1 aromatic carbocycles. The third-order valence-corrected chi connectivity index (χ3v) is 3.77. The monoisotopic (exact) mass is 306 g/mol. The van der Waals surface area contributed by atoms with Crippen LogP contribution < -0.4 is 10.1 Å². The Hall–Kier alpha value is -1.75. The van der Waals surface area contributed by atoms with Crippen LogP contribution in [0.1, 0.15) is 31.7 Å². The van der Waals surface area contributed by atoms with Crippen molar-refractivity contribution in [2.75, 3.05) is 26.8 Å². The van der Waals surface area contributed by atoms with Gasteiger partial charge in [-0.3, -0.25) is 0 Å².